The van der Waals surface area contributed by atoms with E-state index in [1.54, 1.807) is 14.2 Å². The van der Waals surface area contributed by atoms with Crippen LogP contribution in [0.2, 0.25) is 0 Å². The number of nitrogens with zero attached hydrogens (tertiary/aromatic N) is 2. The van der Waals surface area contributed by atoms with Gasteiger partial charge in [0.25, 0.3) is 0 Å². The van der Waals surface area contributed by atoms with E-state index in [0.717, 1.165) is 36.8 Å². The van der Waals surface area contributed by atoms with Crippen LogP contribution >= 0.6 is 0 Å². The van der Waals surface area contributed by atoms with Crippen LogP contribution in [0.4, 0.5) is 0 Å². The molecule has 1 heterocycles. The van der Waals surface area contributed by atoms with Gasteiger partial charge in [0.2, 0.25) is 0 Å². The summed E-state index contributed by atoms with van der Waals surface area (Å²) < 4.78 is 15.7. The first-order chi connectivity index (χ1) is 19.4. The maximum Gasteiger partial charge on any atom is 0.119 e. The molecule has 3 rings (SSSR count). The summed E-state index contributed by atoms with van der Waals surface area (Å²) in [5, 5.41) is 10.9. The van der Waals surface area contributed by atoms with Crippen molar-refractivity contribution in [2.75, 3.05) is 62.1 Å². The van der Waals surface area contributed by atoms with Crippen molar-refractivity contribution in [3.8, 4) is 11.5 Å². The fourth-order valence-electron chi connectivity index (χ4n) is 5.71. The van der Waals surface area contributed by atoms with E-state index >= 15 is 0 Å². The van der Waals surface area contributed by atoms with Crippen LogP contribution in [0.15, 0.2) is 48.5 Å². The third-order valence-corrected chi connectivity index (χ3v) is 8.02. The Morgan fingerprint density at radius 2 is 1.51 bits per heavy atom. The molecule has 0 amide bonds. The van der Waals surface area contributed by atoms with Crippen LogP contribution in [-0.4, -0.2) is 83.1 Å². The minimum atomic E-state index is -0.807. The number of aliphatic hydroxyl groups is 1. The predicted octanol–water partition coefficient (Wildman–Crippen LogP) is 7.06. The Kier molecular flexibility index (Phi) is 17.2. The van der Waals surface area contributed by atoms with Gasteiger partial charge >= 0.3 is 0 Å². The molecule has 1 aliphatic rings. The van der Waals surface area contributed by atoms with Crippen molar-refractivity contribution in [1.29, 1.82) is 0 Å². The SMILES string of the molecule is CC1CCCO1.CC[C@@H](c1cccc(OC)c1)[C@@H](C)CN(C)C.CC[C@](O)(c1cccc(OC)c1)[C@@H](C)CN(C)C. The monoisotopic (exact) mass is 572 g/mol. The molecule has 1 fully saturated rings. The van der Waals surface area contributed by atoms with Crippen LogP contribution in [-0.2, 0) is 10.3 Å². The smallest absolute Gasteiger partial charge is 0.119 e. The lowest BCUT2D eigenvalue weighted by atomic mass is 9.80. The minimum Gasteiger partial charge on any atom is -0.497 e. The molecular formula is C35H60N2O4. The molecule has 0 bridgehead atoms. The molecule has 0 aromatic heterocycles. The summed E-state index contributed by atoms with van der Waals surface area (Å²) in [4.78, 5) is 4.36. The first-order valence-electron chi connectivity index (χ1n) is 15.3. The van der Waals surface area contributed by atoms with Crippen LogP contribution in [0.1, 0.15) is 77.3 Å². The van der Waals surface area contributed by atoms with Gasteiger partial charge in [-0.1, -0.05) is 52.0 Å². The second-order valence-corrected chi connectivity index (χ2v) is 12.0. The van der Waals surface area contributed by atoms with Crippen molar-refractivity contribution >= 4 is 0 Å². The quantitative estimate of drug-likeness (QED) is 0.294. The summed E-state index contributed by atoms with van der Waals surface area (Å²) in [6.07, 6.45) is 4.93. The summed E-state index contributed by atoms with van der Waals surface area (Å²) in [5.41, 5.74) is 1.51. The molecule has 2 aromatic rings. The topological polar surface area (TPSA) is 54.4 Å². The number of methoxy groups -OCH3 is 2. The lowest BCUT2D eigenvalue weighted by Crippen LogP contribution is -2.38. The van der Waals surface area contributed by atoms with Crippen molar-refractivity contribution in [3.05, 3.63) is 59.7 Å². The van der Waals surface area contributed by atoms with Gasteiger partial charge in [-0.15, -0.1) is 0 Å². The number of hydrogen-bond acceptors (Lipinski definition) is 6. The molecule has 0 radical (unpaired) electrons. The molecule has 5 atom stereocenters. The third-order valence-electron chi connectivity index (χ3n) is 8.02. The zero-order valence-corrected chi connectivity index (χ0v) is 27.9. The minimum absolute atomic E-state index is 0.157. The predicted molar refractivity (Wildman–Crippen MR) is 173 cm³/mol. The third kappa shape index (κ3) is 12.7. The summed E-state index contributed by atoms with van der Waals surface area (Å²) in [7, 11) is 11.7. The lowest BCUT2D eigenvalue weighted by Gasteiger charge is -2.35. The Hall–Kier alpha value is -2.12. The van der Waals surface area contributed by atoms with Crippen molar-refractivity contribution in [2.45, 2.75) is 77.9 Å². The fraction of sp³-hybridized carbons (Fsp3) is 0.657. The molecule has 0 saturated carbocycles. The van der Waals surface area contributed by atoms with Gasteiger partial charge in [-0.3, -0.25) is 0 Å². The Balaban J connectivity index is 0.000000341. The highest BCUT2D eigenvalue weighted by Crippen LogP contribution is 2.35. The van der Waals surface area contributed by atoms with Gasteiger partial charge in [0, 0.05) is 25.6 Å². The van der Waals surface area contributed by atoms with Crippen molar-refractivity contribution in [3.63, 3.8) is 0 Å². The van der Waals surface area contributed by atoms with E-state index in [-0.39, 0.29) is 5.92 Å². The molecule has 1 aliphatic heterocycles. The summed E-state index contributed by atoms with van der Waals surface area (Å²) in [6.45, 7) is 13.8. The average Bonchev–Trinajstić information content (AvgIpc) is 3.43. The molecular weight excluding hydrogens is 512 g/mol. The van der Waals surface area contributed by atoms with E-state index in [4.69, 9.17) is 14.2 Å². The Bertz CT molecular complexity index is 961. The molecule has 0 spiro atoms. The van der Waals surface area contributed by atoms with E-state index < -0.39 is 5.60 Å². The van der Waals surface area contributed by atoms with Gasteiger partial charge in [-0.2, -0.15) is 0 Å². The molecule has 1 N–H and O–H groups in total. The highest BCUT2D eigenvalue weighted by molar-refractivity contribution is 5.33. The van der Waals surface area contributed by atoms with E-state index in [9.17, 15) is 5.11 Å². The second-order valence-electron chi connectivity index (χ2n) is 12.0. The maximum atomic E-state index is 10.9. The molecule has 1 saturated heterocycles. The van der Waals surface area contributed by atoms with Gasteiger partial charge in [0.05, 0.1) is 25.9 Å². The van der Waals surface area contributed by atoms with E-state index in [2.05, 4.69) is 69.8 Å². The summed E-state index contributed by atoms with van der Waals surface area (Å²) in [6, 6.07) is 16.2. The Labute approximate surface area is 252 Å². The fourth-order valence-corrected chi connectivity index (χ4v) is 5.71. The largest absolute Gasteiger partial charge is 0.497 e. The molecule has 0 aliphatic carbocycles. The first-order valence-corrected chi connectivity index (χ1v) is 15.3. The van der Waals surface area contributed by atoms with E-state index in [1.165, 1.54) is 24.8 Å². The lowest BCUT2D eigenvalue weighted by molar-refractivity contribution is -0.0293. The van der Waals surface area contributed by atoms with Crippen LogP contribution in [0.25, 0.3) is 0 Å². The van der Waals surface area contributed by atoms with Crippen LogP contribution in [0, 0.1) is 11.8 Å². The average molecular weight is 573 g/mol. The van der Waals surface area contributed by atoms with Gasteiger partial charge in [-0.05, 0) is 108 Å². The first kappa shape index (κ1) is 36.9. The van der Waals surface area contributed by atoms with Crippen LogP contribution in [0.3, 0.4) is 0 Å². The van der Waals surface area contributed by atoms with Crippen molar-refractivity contribution in [2.24, 2.45) is 11.8 Å². The Morgan fingerprint density at radius 3 is 1.95 bits per heavy atom. The van der Waals surface area contributed by atoms with Gasteiger partial charge in [-0.25, -0.2) is 0 Å². The molecule has 6 heteroatoms. The molecule has 2 aromatic carbocycles. The van der Waals surface area contributed by atoms with E-state index in [1.807, 2.05) is 51.4 Å². The second kappa shape index (κ2) is 19.1. The molecule has 41 heavy (non-hydrogen) atoms. The van der Waals surface area contributed by atoms with Crippen LogP contribution < -0.4 is 9.47 Å². The molecule has 1 unspecified atom stereocenters. The number of benzene rings is 2. The standard InChI is InChI=1S/C15H25NO2.C15H25NO.C5H10O/c1-6-15(17,12(2)11-16(3)4)13-8-7-9-14(10-13)18-5;1-6-15(12(2)11-16(3)4)13-8-7-9-14(10-13)17-5;1-5-3-2-4-6-5/h7-10,12,17H,6,11H2,1-5H3;7-10,12,15H,6,11H2,1-5H3;5H,2-4H2,1H3/t2*12-,15+;/m00./s1. The highest BCUT2D eigenvalue weighted by Gasteiger charge is 2.34. The van der Waals surface area contributed by atoms with Crippen molar-refractivity contribution < 1.29 is 19.3 Å². The molecule has 6 nitrogen and oxygen atoms in total. The zero-order chi connectivity index (χ0) is 31.0. The highest BCUT2D eigenvalue weighted by atomic mass is 16.5. The van der Waals surface area contributed by atoms with Gasteiger partial charge in [0.1, 0.15) is 11.5 Å². The maximum absolute atomic E-state index is 10.9. The number of hydrogen-bond donors (Lipinski definition) is 1. The Morgan fingerprint density at radius 1 is 0.927 bits per heavy atom. The number of rotatable bonds is 12. The van der Waals surface area contributed by atoms with Gasteiger partial charge < -0.3 is 29.1 Å². The number of ether oxygens (including phenoxy) is 3. The normalized spacial score (nSPS) is 18.3. The van der Waals surface area contributed by atoms with E-state index in [0.29, 0.717) is 24.4 Å². The summed E-state index contributed by atoms with van der Waals surface area (Å²) >= 11 is 0. The van der Waals surface area contributed by atoms with Crippen LogP contribution in [0.5, 0.6) is 11.5 Å². The van der Waals surface area contributed by atoms with Crippen molar-refractivity contribution in [1.82, 2.24) is 9.80 Å². The summed E-state index contributed by atoms with van der Waals surface area (Å²) in [5.74, 6) is 3.16. The zero-order valence-electron chi connectivity index (χ0n) is 27.9. The van der Waals surface area contributed by atoms with Gasteiger partial charge in [0.15, 0.2) is 0 Å². The molecule has 234 valence electrons.